The number of hydrogen-bond donors (Lipinski definition) is 1. The third kappa shape index (κ3) is 2.31. The fourth-order valence-corrected chi connectivity index (χ4v) is 4.25. The molecule has 0 aromatic heterocycles. The van der Waals surface area contributed by atoms with Gasteiger partial charge in [0.05, 0.1) is 16.0 Å². The topological polar surface area (TPSA) is 29.1 Å². The van der Waals surface area contributed by atoms with Crippen molar-refractivity contribution >= 4 is 10.8 Å². The van der Waals surface area contributed by atoms with Crippen LogP contribution in [0.3, 0.4) is 0 Å². The van der Waals surface area contributed by atoms with E-state index in [1.807, 2.05) is 6.07 Å². The van der Waals surface area contributed by atoms with Gasteiger partial charge in [0.25, 0.3) is 0 Å². The maximum absolute atomic E-state index is 12.4. The number of aryl methyl sites for hydroxylation is 1. The fourth-order valence-electron chi connectivity index (χ4n) is 2.51. The third-order valence-corrected chi connectivity index (χ3v) is 5.34. The predicted octanol–water partition coefficient (Wildman–Crippen LogP) is 2.94. The van der Waals surface area contributed by atoms with Gasteiger partial charge in [-0.05, 0) is 37.9 Å². The van der Waals surface area contributed by atoms with Gasteiger partial charge in [0.15, 0.2) is 0 Å². The van der Waals surface area contributed by atoms with Crippen molar-refractivity contribution in [3.05, 3.63) is 29.3 Å². The highest BCUT2D eigenvalue weighted by Crippen LogP contribution is 2.38. The van der Waals surface area contributed by atoms with Crippen LogP contribution in [0, 0.1) is 6.92 Å². The van der Waals surface area contributed by atoms with E-state index in [4.69, 9.17) is 0 Å². The van der Waals surface area contributed by atoms with Crippen molar-refractivity contribution in [1.82, 2.24) is 5.32 Å². The summed E-state index contributed by atoms with van der Waals surface area (Å²) < 4.78 is 12.4. The van der Waals surface area contributed by atoms with Gasteiger partial charge < -0.3 is 5.32 Å². The van der Waals surface area contributed by atoms with Crippen LogP contribution in [0.1, 0.15) is 43.9 Å². The Labute approximate surface area is 106 Å². The van der Waals surface area contributed by atoms with E-state index in [1.54, 1.807) is 0 Å². The average Bonchev–Trinajstić information content (AvgIpc) is 2.58. The molecule has 2 nitrogen and oxygen atoms in total. The van der Waals surface area contributed by atoms with Crippen molar-refractivity contribution in [2.45, 2.75) is 49.8 Å². The summed E-state index contributed by atoms with van der Waals surface area (Å²) in [7, 11) is -0.840. The van der Waals surface area contributed by atoms with Crippen LogP contribution in [0.25, 0.3) is 0 Å². The molecule has 1 aromatic rings. The molecule has 0 saturated heterocycles. The predicted molar refractivity (Wildman–Crippen MR) is 72.7 cm³/mol. The number of fused-ring (bicyclic) bond motifs is 1. The average molecular weight is 251 g/mol. The summed E-state index contributed by atoms with van der Waals surface area (Å²) in [5.41, 5.74) is 2.50. The fraction of sp³-hybridized carbons (Fsp3) is 0.571. The molecule has 3 atom stereocenters. The lowest BCUT2D eigenvalue weighted by molar-refractivity contribution is 0.504. The van der Waals surface area contributed by atoms with E-state index < -0.39 is 10.8 Å². The van der Waals surface area contributed by atoms with Crippen LogP contribution in [0.15, 0.2) is 23.1 Å². The molecule has 1 heterocycles. The first-order valence-corrected chi connectivity index (χ1v) is 7.64. The molecule has 3 heteroatoms. The molecule has 0 spiro atoms. The standard InChI is InChI=1S/C14H21NOS/c1-4-8-15-14-11-9-10(3)6-7-13(11)17(16)12(14)5-2/h6-7,9,12,14-15H,4-5,8H2,1-3H3. The number of benzene rings is 1. The van der Waals surface area contributed by atoms with Crippen LogP contribution in [0.5, 0.6) is 0 Å². The molecule has 0 fully saturated rings. The monoisotopic (exact) mass is 251 g/mol. The van der Waals surface area contributed by atoms with Gasteiger partial charge in [0.2, 0.25) is 0 Å². The second-order valence-corrected chi connectivity index (χ2v) is 6.36. The maximum Gasteiger partial charge on any atom is 0.0587 e. The highest BCUT2D eigenvalue weighted by Gasteiger charge is 2.37. The van der Waals surface area contributed by atoms with Gasteiger partial charge in [0.1, 0.15) is 0 Å². The van der Waals surface area contributed by atoms with Gasteiger partial charge >= 0.3 is 0 Å². The Kier molecular flexibility index (Phi) is 4.00. The Morgan fingerprint density at radius 1 is 1.35 bits per heavy atom. The lowest BCUT2D eigenvalue weighted by Crippen LogP contribution is -2.30. The van der Waals surface area contributed by atoms with Crippen molar-refractivity contribution in [3.8, 4) is 0 Å². The van der Waals surface area contributed by atoms with E-state index in [9.17, 15) is 4.21 Å². The second kappa shape index (κ2) is 5.32. The highest BCUT2D eigenvalue weighted by atomic mass is 32.2. The summed E-state index contributed by atoms with van der Waals surface area (Å²) in [5.74, 6) is 0. The van der Waals surface area contributed by atoms with Crippen LogP contribution in [0.2, 0.25) is 0 Å². The summed E-state index contributed by atoms with van der Waals surface area (Å²) in [6, 6.07) is 6.56. The Morgan fingerprint density at radius 3 is 2.76 bits per heavy atom. The van der Waals surface area contributed by atoms with Gasteiger partial charge in [-0.3, -0.25) is 4.21 Å². The van der Waals surface area contributed by atoms with E-state index in [1.165, 1.54) is 11.1 Å². The summed E-state index contributed by atoms with van der Waals surface area (Å²) in [6.07, 6.45) is 2.07. The molecule has 0 radical (unpaired) electrons. The zero-order valence-corrected chi connectivity index (χ0v) is 11.6. The zero-order valence-electron chi connectivity index (χ0n) is 10.8. The molecule has 1 aliphatic rings. The first kappa shape index (κ1) is 12.8. The molecule has 0 aliphatic carbocycles. The minimum atomic E-state index is -0.840. The molecule has 3 unspecified atom stereocenters. The molecule has 1 aromatic carbocycles. The molecular weight excluding hydrogens is 230 g/mol. The number of hydrogen-bond acceptors (Lipinski definition) is 2. The minimum Gasteiger partial charge on any atom is -0.309 e. The van der Waals surface area contributed by atoms with Gasteiger partial charge in [-0.25, -0.2) is 0 Å². The first-order valence-electron chi connectivity index (χ1n) is 6.43. The molecule has 1 N–H and O–H groups in total. The molecule has 0 saturated carbocycles. The normalized spacial score (nSPS) is 27.1. The number of nitrogens with one attached hydrogen (secondary N) is 1. The van der Waals surface area contributed by atoms with Gasteiger partial charge in [0, 0.05) is 10.9 Å². The van der Waals surface area contributed by atoms with Crippen LogP contribution in [0.4, 0.5) is 0 Å². The van der Waals surface area contributed by atoms with Crippen molar-refractivity contribution in [1.29, 1.82) is 0 Å². The van der Waals surface area contributed by atoms with Crippen LogP contribution in [-0.4, -0.2) is 16.0 Å². The Morgan fingerprint density at radius 2 is 2.12 bits per heavy atom. The molecular formula is C14H21NOS. The SMILES string of the molecule is CCCNC1c2cc(C)ccc2S(=O)C1CC. The summed E-state index contributed by atoms with van der Waals surface area (Å²) in [4.78, 5) is 1.04. The van der Waals surface area contributed by atoms with E-state index >= 15 is 0 Å². The van der Waals surface area contributed by atoms with Crippen LogP contribution < -0.4 is 5.32 Å². The quantitative estimate of drug-likeness (QED) is 0.891. The Balaban J connectivity index is 2.36. The zero-order chi connectivity index (χ0) is 12.4. The van der Waals surface area contributed by atoms with Gasteiger partial charge in [-0.15, -0.1) is 0 Å². The smallest absolute Gasteiger partial charge is 0.0587 e. The molecule has 94 valence electrons. The molecule has 17 heavy (non-hydrogen) atoms. The Bertz CT molecular complexity index is 430. The first-order chi connectivity index (χ1) is 8.19. The van der Waals surface area contributed by atoms with Gasteiger partial charge in [-0.2, -0.15) is 0 Å². The minimum absolute atomic E-state index is 0.235. The second-order valence-electron chi connectivity index (χ2n) is 4.72. The van der Waals surface area contributed by atoms with Crippen LogP contribution in [-0.2, 0) is 10.8 Å². The highest BCUT2D eigenvalue weighted by molar-refractivity contribution is 7.86. The lowest BCUT2D eigenvalue weighted by atomic mass is 10.0. The third-order valence-electron chi connectivity index (χ3n) is 3.38. The van der Waals surface area contributed by atoms with E-state index in [0.717, 1.165) is 24.3 Å². The van der Waals surface area contributed by atoms with Crippen molar-refractivity contribution in [2.24, 2.45) is 0 Å². The largest absolute Gasteiger partial charge is 0.309 e. The number of rotatable bonds is 4. The van der Waals surface area contributed by atoms with E-state index in [-0.39, 0.29) is 11.3 Å². The Hall–Kier alpha value is -0.670. The molecule has 0 amide bonds. The van der Waals surface area contributed by atoms with E-state index in [2.05, 4.69) is 38.2 Å². The van der Waals surface area contributed by atoms with Crippen molar-refractivity contribution in [3.63, 3.8) is 0 Å². The van der Waals surface area contributed by atoms with Gasteiger partial charge in [-0.1, -0.05) is 31.5 Å². The molecule has 0 bridgehead atoms. The van der Waals surface area contributed by atoms with Crippen LogP contribution >= 0.6 is 0 Å². The maximum atomic E-state index is 12.4. The summed E-state index contributed by atoms with van der Waals surface area (Å²) in [5, 5.41) is 3.79. The van der Waals surface area contributed by atoms with E-state index in [0.29, 0.717) is 0 Å². The molecule has 2 rings (SSSR count). The molecule has 1 aliphatic heterocycles. The van der Waals surface area contributed by atoms with Crippen molar-refractivity contribution < 1.29 is 4.21 Å². The van der Waals surface area contributed by atoms with Crippen molar-refractivity contribution in [2.75, 3.05) is 6.54 Å². The summed E-state index contributed by atoms with van der Waals surface area (Å²) in [6.45, 7) is 7.38. The lowest BCUT2D eigenvalue weighted by Gasteiger charge is -2.19. The summed E-state index contributed by atoms with van der Waals surface area (Å²) >= 11 is 0.